The lowest BCUT2D eigenvalue weighted by atomic mass is 10.2. The number of amides is 1. The van der Waals surface area contributed by atoms with Crippen LogP contribution in [-0.4, -0.2) is 18.2 Å². The van der Waals surface area contributed by atoms with Crippen LogP contribution in [0.5, 0.6) is 0 Å². The van der Waals surface area contributed by atoms with Gasteiger partial charge in [0.2, 0.25) is 5.91 Å². The lowest BCUT2D eigenvalue weighted by Crippen LogP contribution is -2.19. The molecule has 1 aliphatic rings. The molecule has 0 bridgehead atoms. The maximum atomic E-state index is 11.1. The van der Waals surface area contributed by atoms with Crippen molar-refractivity contribution in [1.82, 2.24) is 5.32 Å². The molecule has 0 fully saturated rings. The first-order valence-electron chi connectivity index (χ1n) is 5.06. The maximum absolute atomic E-state index is 11.1. The van der Waals surface area contributed by atoms with Crippen molar-refractivity contribution in [3.63, 3.8) is 0 Å². The van der Waals surface area contributed by atoms with E-state index in [1.165, 1.54) is 10.5 Å². The van der Waals surface area contributed by atoms with E-state index in [4.69, 9.17) is 0 Å². The van der Waals surface area contributed by atoms with Gasteiger partial charge in [0, 0.05) is 11.4 Å². The van der Waals surface area contributed by atoms with Crippen LogP contribution >= 0.6 is 11.8 Å². The van der Waals surface area contributed by atoms with Gasteiger partial charge >= 0.3 is 0 Å². The van der Waals surface area contributed by atoms with Gasteiger partial charge in [0.25, 0.3) is 0 Å². The Kier molecular flexibility index (Phi) is 3.28. The molecular formula is C11H14N2OS. The molecule has 1 aliphatic heterocycles. The van der Waals surface area contributed by atoms with E-state index in [9.17, 15) is 4.79 Å². The Morgan fingerprint density at radius 3 is 3.20 bits per heavy atom. The molecule has 1 amide bonds. The van der Waals surface area contributed by atoms with Gasteiger partial charge in [-0.25, -0.2) is 0 Å². The molecule has 2 rings (SSSR count). The predicted molar refractivity (Wildman–Crippen MR) is 63.2 cm³/mol. The molecule has 0 saturated carbocycles. The molecule has 80 valence electrons. The van der Waals surface area contributed by atoms with Gasteiger partial charge in [-0.2, -0.15) is 0 Å². The normalized spacial score (nSPS) is 14.6. The summed E-state index contributed by atoms with van der Waals surface area (Å²) in [5.41, 5.74) is 2.20. The van der Waals surface area contributed by atoms with Gasteiger partial charge in [-0.05, 0) is 24.2 Å². The van der Waals surface area contributed by atoms with Gasteiger partial charge in [0.1, 0.15) is 0 Å². The van der Waals surface area contributed by atoms with Crippen molar-refractivity contribution in [2.45, 2.75) is 18.4 Å². The Labute approximate surface area is 93.6 Å². The number of thioether (sulfide) groups is 1. The summed E-state index contributed by atoms with van der Waals surface area (Å²) in [6.45, 7) is 3.95. The van der Waals surface area contributed by atoms with Crippen molar-refractivity contribution in [3.05, 3.63) is 23.8 Å². The van der Waals surface area contributed by atoms with Gasteiger partial charge in [-0.1, -0.05) is 13.0 Å². The van der Waals surface area contributed by atoms with Crippen LogP contribution in [0.1, 0.15) is 12.5 Å². The second-order valence-electron chi connectivity index (χ2n) is 3.45. The van der Waals surface area contributed by atoms with E-state index in [1.807, 2.05) is 12.1 Å². The van der Waals surface area contributed by atoms with E-state index in [0.29, 0.717) is 5.75 Å². The smallest absolute Gasteiger partial charge is 0.234 e. The third kappa shape index (κ3) is 2.52. The molecule has 0 aromatic heterocycles. The quantitative estimate of drug-likeness (QED) is 0.820. The van der Waals surface area contributed by atoms with Gasteiger partial charge in [-0.3, -0.25) is 4.79 Å². The van der Waals surface area contributed by atoms with Gasteiger partial charge in [0.05, 0.1) is 11.4 Å². The summed E-state index contributed by atoms with van der Waals surface area (Å²) in [4.78, 5) is 12.3. The summed E-state index contributed by atoms with van der Waals surface area (Å²) in [6.07, 6.45) is 0. The number of carbonyl (C=O) groups excluding carboxylic acids is 1. The molecule has 0 aliphatic carbocycles. The lowest BCUT2D eigenvalue weighted by molar-refractivity contribution is -0.113. The summed E-state index contributed by atoms with van der Waals surface area (Å²) >= 11 is 1.60. The minimum absolute atomic E-state index is 0.0898. The van der Waals surface area contributed by atoms with Gasteiger partial charge in [-0.15, -0.1) is 11.8 Å². The van der Waals surface area contributed by atoms with E-state index in [-0.39, 0.29) is 5.91 Å². The number of benzene rings is 1. The second kappa shape index (κ2) is 4.68. The Balaban J connectivity index is 2.15. The van der Waals surface area contributed by atoms with E-state index < -0.39 is 0 Å². The highest BCUT2D eigenvalue weighted by Gasteiger charge is 2.14. The van der Waals surface area contributed by atoms with Gasteiger partial charge < -0.3 is 10.6 Å². The fourth-order valence-electron chi connectivity index (χ4n) is 1.50. The van der Waals surface area contributed by atoms with Crippen LogP contribution in [0, 0.1) is 0 Å². The molecule has 0 atom stereocenters. The molecule has 0 radical (unpaired) electrons. The molecule has 1 heterocycles. The topological polar surface area (TPSA) is 41.1 Å². The Morgan fingerprint density at radius 2 is 2.40 bits per heavy atom. The lowest BCUT2D eigenvalue weighted by Gasteiger charge is -2.17. The van der Waals surface area contributed by atoms with E-state index in [2.05, 4.69) is 23.6 Å². The van der Waals surface area contributed by atoms with Crippen molar-refractivity contribution in [3.8, 4) is 0 Å². The van der Waals surface area contributed by atoms with Crippen LogP contribution in [0.3, 0.4) is 0 Å². The van der Waals surface area contributed by atoms with Crippen LogP contribution < -0.4 is 10.6 Å². The molecular weight excluding hydrogens is 208 g/mol. The molecule has 4 heteroatoms. The third-order valence-electron chi connectivity index (χ3n) is 2.26. The predicted octanol–water partition coefficient (Wildman–Crippen LogP) is 1.84. The van der Waals surface area contributed by atoms with Crippen LogP contribution in [0.2, 0.25) is 0 Å². The Hall–Kier alpha value is -1.00. The van der Waals surface area contributed by atoms with E-state index >= 15 is 0 Å². The molecule has 3 nitrogen and oxygen atoms in total. The second-order valence-corrected chi connectivity index (χ2v) is 4.46. The highest BCUT2D eigenvalue weighted by Crippen LogP contribution is 2.31. The summed E-state index contributed by atoms with van der Waals surface area (Å²) < 4.78 is 0. The van der Waals surface area contributed by atoms with Crippen LogP contribution in [0.25, 0.3) is 0 Å². The first kappa shape index (κ1) is 10.5. The molecule has 0 saturated heterocycles. The number of fused-ring (bicyclic) bond motifs is 1. The molecule has 15 heavy (non-hydrogen) atoms. The number of hydrogen-bond acceptors (Lipinski definition) is 3. The zero-order valence-electron chi connectivity index (χ0n) is 8.67. The number of rotatable bonds is 3. The molecule has 0 spiro atoms. The largest absolute Gasteiger partial charge is 0.324 e. The van der Waals surface area contributed by atoms with Crippen molar-refractivity contribution in [1.29, 1.82) is 0 Å². The Bertz CT molecular complexity index is 379. The average molecular weight is 222 g/mol. The van der Waals surface area contributed by atoms with Crippen molar-refractivity contribution in [2.24, 2.45) is 0 Å². The summed E-state index contributed by atoms with van der Waals surface area (Å²) in [7, 11) is 0. The minimum Gasteiger partial charge on any atom is -0.324 e. The van der Waals surface area contributed by atoms with Crippen LogP contribution in [-0.2, 0) is 11.3 Å². The first-order chi connectivity index (χ1) is 7.29. The van der Waals surface area contributed by atoms with Crippen molar-refractivity contribution >= 4 is 23.4 Å². The molecule has 0 unspecified atom stereocenters. The maximum Gasteiger partial charge on any atom is 0.234 e. The number of carbonyl (C=O) groups is 1. The zero-order valence-corrected chi connectivity index (χ0v) is 9.49. The zero-order chi connectivity index (χ0) is 10.7. The summed E-state index contributed by atoms with van der Waals surface area (Å²) in [6, 6.07) is 6.17. The standard InChI is InChI=1S/C11H14N2OS/c1-2-12-6-8-3-4-9-10(5-8)15-7-11(14)13-9/h3-5,12H,2,6-7H2,1H3,(H,13,14). The fourth-order valence-corrected chi connectivity index (χ4v) is 2.37. The van der Waals surface area contributed by atoms with Crippen LogP contribution in [0.15, 0.2) is 23.1 Å². The Morgan fingerprint density at radius 1 is 1.53 bits per heavy atom. The molecule has 2 N–H and O–H groups in total. The molecule has 1 aromatic rings. The van der Waals surface area contributed by atoms with Crippen molar-refractivity contribution in [2.75, 3.05) is 17.6 Å². The minimum atomic E-state index is 0.0898. The van der Waals surface area contributed by atoms with Crippen LogP contribution in [0.4, 0.5) is 5.69 Å². The third-order valence-corrected chi connectivity index (χ3v) is 3.31. The highest BCUT2D eigenvalue weighted by atomic mass is 32.2. The molecule has 1 aromatic carbocycles. The number of nitrogens with one attached hydrogen (secondary N) is 2. The summed E-state index contributed by atoms with van der Waals surface area (Å²) in [5, 5.41) is 6.15. The number of hydrogen-bond donors (Lipinski definition) is 2. The SMILES string of the molecule is CCNCc1ccc2c(c1)SCC(=O)N2. The first-order valence-corrected chi connectivity index (χ1v) is 6.04. The highest BCUT2D eigenvalue weighted by molar-refractivity contribution is 8.00. The average Bonchev–Trinajstić information content (AvgIpc) is 2.26. The summed E-state index contributed by atoms with van der Waals surface area (Å²) in [5.74, 6) is 0.615. The van der Waals surface area contributed by atoms with Gasteiger partial charge in [0.15, 0.2) is 0 Å². The monoisotopic (exact) mass is 222 g/mol. The number of anilines is 1. The fraction of sp³-hybridized carbons (Fsp3) is 0.364. The van der Waals surface area contributed by atoms with E-state index in [0.717, 1.165) is 18.8 Å². The van der Waals surface area contributed by atoms with E-state index in [1.54, 1.807) is 11.8 Å². The van der Waals surface area contributed by atoms with Crippen molar-refractivity contribution < 1.29 is 4.79 Å².